The van der Waals surface area contributed by atoms with E-state index in [0.717, 1.165) is 22.0 Å². The number of ketones is 1. The maximum atomic E-state index is 14.3. The summed E-state index contributed by atoms with van der Waals surface area (Å²) in [5.41, 5.74) is 13.4. The Morgan fingerprint density at radius 1 is 0.845 bits per heavy atom. The highest BCUT2D eigenvalue weighted by Crippen LogP contribution is 2.34. The third-order valence-electron chi connectivity index (χ3n) is 10.6. The lowest BCUT2D eigenvalue weighted by Crippen LogP contribution is -2.56. The number of aromatic amines is 1. The van der Waals surface area contributed by atoms with Crippen molar-refractivity contribution < 1.29 is 33.6 Å². The van der Waals surface area contributed by atoms with Gasteiger partial charge in [0.1, 0.15) is 18.1 Å². The van der Waals surface area contributed by atoms with Crippen molar-refractivity contribution in [2.24, 2.45) is 28.3 Å². The summed E-state index contributed by atoms with van der Waals surface area (Å²) in [4.78, 5) is 102. The third kappa shape index (κ3) is 12.1. The first kappa shape index (κ1) is 42.9. The van der Waals surface area contributed by atoms with E-state index in [1.165, 1.54) is 6.92 Å². The number of nitrogens with zero attached hydrogens (tertiary/aromatic N) is 1. The van der Waals surface area contributed by atoms with Crippen molar-refractivity contribution >= 4 is 58.1 Å². The molecule has 1 aliphatic carbocycles. The molecule has 17 nitrogen and oxygen atoms in total. The number of aromatic nitrogens is 1. The Bertz CT molecular complexity index is 1980. The monoisotopic (exact) mass is 798 g/mol. The van der Waals surface area contributed by atoms with Crippen LogP contribution in [0, 0.1) is 11.8 Å². The fourth-order valence-corrected chi connectivity index (χ4v) is 7.69. The molecule has 11 N–H and O–H groups in total. The van der Waals surface area contributed by atoms with Crippen LogP contribution in [-0.4, -0.2) is 96.0 Å². The van der Waals surface area contributed by atoms with Crippen LogP contribution < -0.4 is 43.4 Å². The Balaban J connectivity index is 1.38. The fraction of sp³-hybridized carbons (Fsp3) is 0.463. The molecule has 0 radical (unpaired) electrons. The van der Waals surface area contributed by atoms with Gasteiger partial charge in [-0.25, -0.2) is 0 Å². The molecule has 1 saturated carbocycles. The lowest BCUT2D eigenvalue weighted by atomic mass is 9.86. The Morgan fingerprint density at radius 2 is 1.59 bits per heavy atom. The molecule has 1 aliphatic heterocycles. The third-order valence-corrected chi connectivity index (χ3v) is 10.6. The van der Waals surface area contributed by atoms with Crippen LogP contribution in [0.2, 0.25) is 0 Å². The minimum Gasteiger partial charge on any atom is -0.370 e. The molecule has 6 atom stereocenters. The summed E-state index contributed by atoms with van der Waals surface area (Å²) in [5, 5.41) is 17.4. The van der Waals surface area contributed by atoms with E-state index in [1.807, 2.05) is 54.6 Å². The van der Waals surface area contributed by atoms with Gasteiger partial charge in [-0.2, -0.15) is 0 Å². The number of rotatable bonds is 11. The van der Waals surface area contributed by atoms with Gasteiger partial charge < -0.3 is 48.4 Å². The number of H-pyrrole nitrogens is 1. The molecule has 2 aliphatic rings. The van der Waals surface area contributed by atoms with Gasteiger partial charge >= 0.3 is 0 Å². The van der Waals surface area contributed by atoms with Crippen molar-refractivity contribution in [2.75, 3.05) is 19.6 Å². The van der Waals surface area contributed by atoms with Gasteiger partial charge in [0, 0.05) is 61.8 Å². The standard InChI is InChI=1S/C41H54N10O7/c1-24(52)48-33(20-25-10-3-2-4-11-25)39(57)50-31-16-8-18-44-38(56)32(17-9-19-45-41(42)43)51-40(58)34(21-26-22-46-30-15-6-5-12-27(26)30)49-35(53)23-47-37(55)29-14-7-13-28(29)36(31)54/h2-6,10-12,15,22,28-29,31-34,46H,7-9,13-14,16-21,23H2,1H3,(H,44,56)(H,47,55)(H,48,52)(H,49,53)(H,50,57)(H,51,58)(H4,42,43,45)/t28?,29-,31+,32+,33+,34+/m1/s1. The minimum atomic E-state index is -1.12. The minimum absolute atomic E-state index is 0.0817. The average Bonchev–Trinajstić information content (AvgIpc) is 3.86. The highest BCUT2D eigenvalue weighted by Gasteiger charge is 2.41. The van der Waals surface area contributed by atoms with Crippen LogP contribution in [0.5, 0.6) is 0 Å². The Morgan fingerprint density at radius 3 is 2.34 bits per heavy atom. The maximum absolute atomic E-state index is 14.3. The second kappa shape index (κ2) is 20.8. The molecular formula is C41H54N10O7. The number of aliphatic imine (C=N–C) groups is 1. The van der Waals surface area contributed by atoms with Crippen LogP contribution in [0.4, 0.5) is 0 Å². The predicted molar refractivity (Wildman–Crippen MR) is 217 cm³/mol. The van der Waals surface area contributed by atoms with Gasteiger partial charge in [0.2, 0.25) is 35.4 Å². The van der Waals surface area contributed by atoms with Crippen LogP contribution in [0.15, 0.2) is 65.8 Å². The second-order valence-electron chi connectivity index (χ2n) is 14.9. The zero-order valence-electron chi connectivity index (χ0n) is 32.7. The van der Waals surface area contributed by atoms with Crippen LogP contribution >= 0.6 is 0 Å². The second-order valence-corrected chi connectivity index (χ2v) is 14.9. The largest absolute Gasteiger partial charge is 0.370 e. The maximum Gasteiger partial charge on any atom is 0.243 e. The number of nitrogens with one attached hydrogen (secondary N) is 7. The first-order valence-electron chi connectivity index (χ1n) is 19.8. The van der Waals surface area contributed by atoms with E-state index in [1.54, 1.807) is 6.20 Å². The van der Waals surface area contributed by atoms with Gasteiger partial charge in [0.15, 0.2) is 11.7 Å². The summed E-state index contributed by atoms with van der Waals surface area (Å²) in [6.45, 7) is 1.13. The quantitative estimate of drug-likeness (QED) is 0.0716. The van der Waals surface area contributed by atoms with E-state index >= 15 is 0 Å². The number of benzene rings is 2. The number of nitrogens with two attached hydrogens (primary N) is 2. The molecule has 5 rings (SSSR count). The van der Waals surface area contributed by atoms with Gasteiger partial charge in [-0.05, 0) is 55.7 Å². The first-order chi connectivity index (χ1) is 27.9. The Kier molecular flexibility index (Phi) is 15.4. The fourth-order valence-electron chi connectivity index (χ4n) is 7.69. The first-order valence-corrected chi connectivity index (χ1v) is 19.8. The molecule has 2 aromatic carbocycles. The molecule has 310 valence electrons. The zero-order valence-corrected chi connectivity index (χ0v) is 32.7. The number of Topliss-reactive ketones (excluding diaryl/α,β-unsaturated/α-hetero) is 1. The van der Waals surface area contributed by atoms with Crippen molar-refractivity contribution in [1.29, 1.82) is 0 Å². The summed E-state index contributed by atoms with van der Waals surface area (Å²) in [7, 11) is 0. The molecular weight excluding hydrogens is 745 g/mol. The number of carbonyl (C=O) groups excluding carboxylic acids is 7. The van der Waals surface area contributed by atoms with E-state index in [0.29, 0.717) is 25.7 Å². The number of carbonyl (C=O) groups is 7. The van der Waals surface area contributed by atoms with Crippen LogP contribution in [0.25, 0.3) is 10.9 Å². The molecule has 2 heterocycles. The molecule has 1 saturated heterocycles. The number of hydrogen-bond acceptors (Lipinski definition) is 8. The highest BCUT2D eigenvalue weighted by molar-refractivity contribution is 5.98. The van der Waals surface area contributed by atoms with Gasteiger partial charge in [-0.15, -0.1) is 0 Å². The van der Waals surface area contributed by atoms with Crippen LogP contribution in [0.3, 0.4) is 0 Å². The summed E-state index contributed by atoms with van der Waals surface area (Å²) >= 11 is 0. The number of guanidine groups is 1. The molecule has 58 heavy (non-hydrogen) atoms. The lowest BCUT2D eigenvalue weighted by Gasteiger charge is -2.27. The van der Waals surface area contributed by atoms with E-state index in [9.17, 15) is 33.6 Å². The number of amides is 6. The molecule has 3 aromatic rings. The van der Waals surface area contributed by atoms with Crippen molar-refractivity contribution in [2.45, 2.75) is 88.9 Å². The van der Waals surface area contributed by atoms with Crippen LogP contribution in [0.1, 0.15) is 63.0 Å². The average molecular weight is 799 g/mol. The molecule has 1 aromatic heterocycles. The molecule has 6 amide bonds. The SMILES string of the molecule is CC(=O)N[C@@H](Cc1ccccc1)C(=O)N[C@H]1CCCNC(=O)[C@H](CCCN=C(N)N)NC(=O)[C@H](Cc2c[nH]c3ccccc23)NC(=O)CNC(=O)[C@@H]2CCCC2C1=O. The molecule has 0 bridgehead atoms. The Labute approximate surface area is 336 Å². The van der Waals surface area contributed by atoms with E-state index < -0.39 is 78.0 Å². The van der Waals surface area contributed by atoms with Crippen molar-refractivity contribution in [3.05, 3.63) is 71.9 Å². The van der Waals surface area contributed by atoms with E-state index in [2.05, 4.69) is 41.9 Å². The van der Waals surface area contributed by atoms with E-state index in [4.69, 9.17) is 11.5 Å². The number of fused-ring (bicyclic) bond motifs is 2. The van der Waals surface area contributed by atoms with Gasteiger partial charge in [0.25, 0.3) is 0 Å². The van der Waals surface area contributed by atoms with Crippen molar-refractivity contribution in [1.82, 2.24) is 36.9 Å². The summed E-state index contributed by atoms with van der Waals surface area (Å²) in [5.74, 6) is -5.17. The molecule has 17 heteroatoms. The zero-order chi connectivity index (χ0) is 41.6. The summed E-state index contributed by atoms with van der Waals surface area (Å²) < 4.78 is 0. The molecule has 1 unspecified atom stereocenters. The molecule has 2 fully saturated rings. The van der Waals surface area contributed by atoms with Gasteiger partial charge in [-0.3, -0.25) is 38.6 Å². The van der Waals surface area contributed by atoms with Crippen molar-refractivity contribution in [3.63, 3.8) is 0 Å². The smallest absolute Gasteiger partial charge is 0.243 e. The van der Waals surface area contributed by atoms with Gasteiger partial charge in [0.05, 0.1) is 12.6 Å². The number of para-hydroxylation sites is 1. The Hall–Kier alpha value is -6.26. The lowest BCUT2D eigenvalue weighted by molar-refractivity contribution is -0.136. The van der Waals surface area contributed by atoms with Crippen molar-refractivity contribution in [3.8, 4) is 0 Å². The highest BCUT2D eigenvalue weighted by atomic mass is 16.2. The summed E-state index contributed by atoms with van der Waals surface area (Å²) in [6, 6.07) is 12.5. The normalized spacial score (nSPS) is 22.8. The summed E-state index contributed by atoms with van der Waals surface area (Å²) in [6.07, 6.45) is 4.27. The van der Waals surface area contributed by atoms with Crippen LogP contribution in [-0.2, 0) is 46.4 Å². The molecule has 0 spiro atoms. The number of hydrogen-bond donors (Lipinski definition) is 9. The topological polar surface area (TPSA) is 272 Å². The predicted octanol–water partition coefficient (Wildman–Crippen LogP) is -0.0226. The van der Waals surface area contributed by atoms with E-state index in [-0.39, 0.29) is 56.9 Å². The van der Waals surface area contributed by atoms with Gasteiger partial charge in [-0.1, -0.05) is 55.0 Å².